The third kappa shape index (κ3) is 3.10. The fourth-order valence-corrected chi connectivity index (χ4v) is 3.52. The SMILES string of the molecule is CC[C@H]1OCCC[C@H]1C(=O)N1CCC(n2cncn2)CC1. The number of likely N-dealkylation sites (tertiary alicyclic amines) is 1. The van der Waals surface area contributed by atoms with Gasteiger partial charge in [0.05, 0.1) is 18.1 Å². The van der Waals surface area contributed by atoms with Gasteiger partial charge in [-0.15, -0.1) is 0 Å². The van der Waals surface area contributed by atoms with E-state index in [9.17, 15) is 4.79 Å². The molecule has 0 unspecified atom stereocenters. The van der Waals surface area contributed by atoms with Gasteiger partial charge in [0.1, 0.15) is 12.7 Å². The molecule has 0 saturated carbocycles. The zero-order valence-electron chi connectivity index (χ0n) is 12.6. The van der Waals surface area contributed by atoms with E-state index in [2.05, 4.69) is 17.0 Å². The highest BCUT2D eigenvalue weighted by Crippen LogP contribution is 2.28. The van der Waals surface area contributed by atoms with Gasteiger partial charge in [0, 0.05) is 19.7 Å². The van der Waals surface area contributed by atoms with Gasteiger partial charge in [0.15, 0.2) is 0 Å². The summed E-state index contributed by atoms with van der Waals surface area (Å²) >= 11 is 0. The number of piperidine rings is 1. The molecule has 6 heteroatoms. The second-order valence-corrected chi connectivity index (χ2v) is 6.00. The smallest absolute Gasteiger partial charge is 0.228 e. The molecule has 116 valence electrons. The first kappa shape index (κ1) is 14.5. The van der Waals surface area contributed by atoms with Crippen LogP contribution in [-0.2, 0) is 9.53 Å². The first-order valence-corrected chi connectivity index (χ1v) is 8.04. The van der Waals surface area contributed by atoms with Crippen molar-refractivity contribution >= 4 is 5.91 Å². The molecule has 0 N–H and O–H groups in total. The van der Waals surface area contributed by atoms with Crippen LogP contribution in [0.4, 0.5) is 0 Å². The van der Waals surface area contributed by atoms with E-state index >= 15 is 0 Å². The molecule has 1 amide bonds. The van der Waals surface area contributed by atoms with Gasteiger partial charge in [-0.1, -0.05) is 6.92 Å². The minimum Gasteiger partial charge on any atom is -0.377 e. The van der Waals surface area contributed by atoms with Crippen LogP contribution in [0.3, 0.4) is 0 Å². The Hall–Kier alpha value is -1.43. The van der Waals surface area contributed by atoms with Crippen molar-refractivity contribution in [3.63, 3.8) is 0 Å². The van der Waals surface area contributed by atoms with Gasteiger partial charge in [-0.3, -0.25) is 4.79 Å². The zero-order valence-corrected chi connectivity index (χ0v) is 12.6. The molecule has 21 heavy (non-hydrogen) atoms. The average Bonchev–Trinajstić information content (AvgIpc) is 3.09. The standard InChI is InChI=1S/C15H24N4O2/c1-2-14-13(4-3-9-21-14)15(20)18-7-5-12(6-8-18)19-11-16-10-17-19/h10-14H,2-9H2,1H3/t13-,14-/m1/s1. The van der Waals surface area contributed by atoms with Gasteiger partial charge in [-0.25, -0.2) is 9.67 Å². The van der Waals surface area contributed by atoms with Gasteiger partial charge >= 0.3 is 0 Å². The number of ether oxygens (including phenoxy) is 1. The van der Waals surface area contributed by atoms with Crippen LogP contribution in [0.2, 0.25) is 0 Å². The van der Waals surface area contributed by atoms with E-state index in [-0.39, 0.29) is 12.0 Å². The number of nitrogens with zero attached hydrogens (tertiary/aromatic N) is 4. The molecular weight excluding hydrogens is 268 g/mol. The number of carbonyl (C=O) groups is 1. The van der Waals surface area contributed by atoms with Crippen molar-refractivity contribution in [2.75, 3.05) is 19.7 Å². The second-order valence-electron chi connectivity index (χ2n) is 6.00. The van der Waals surface area contributed by atoms with Crippen LogP contribution in [-0.4, -0.2) is 51.4 Å². The van der Waals surface area contributed by atoms with E-state index in [4.69, 9.17) is 4.74 Å². The molecule has 0 aromatic carbocycles. The summed E-state index contributed by atoms with van der Waals surface area (Å²) in [6, 6.07) is 0.376. The average molecular weight is 292 g/mol. The monoisotopic (exact) mass is 292 g/mol. The van der Waals surface area contributed by atoms with Gasteiger partial charge < -0.3 is 9.64 Å². The zero-order chi connectivity index (χ0) is 14.7. The maximum Gasteiger partial charge on any atom is 0.228 e. The van der Waals surface area contributed by atoms with Gasteiger partial charge in [0.25, 0.3) is 0 Å². The van der Waals surface area contributed by atoms with Crippen molar-refractivity contribution in [2.24, 2.45) is 5.92 Å². The highest BCUT2D eigenvalue weighted by Gasteiger charge is 2.35. The molecular formula is C15H24N4O2. The summed E-state index contributed by atoms with van der Waals surface area (Å²) in [4.78, 5) is 18.8. The van der Waals surface area contributed by atoms with Crippen molar-refractivity contribution in [1.82, 2.24) is 19.7 Å². The molecule has 2 aliphatic heterocycles. The van der Waals surface area contributed by atoms with E-state index in [0.29, 0.717) is 11.9 Å². The van der Waals surface area contributed by atoms with Crippen LogP contribution < -0.4 is 0 Å². The van der Waals surface area contributed by atoms with Crippen molar-refractivity contribution in [3.8, 4) is 0 Å². The third-order valence-electron chi connectivity index (χ3n) is 4.75. The summed E-state index contributed by atoms with van der Waals surface area (Å²) in [7, 11) is 0. The molecule has 0 spiro atoms. The Labute approximate surface area is 125 Å². The second kappa shape index (κ2) is 6.56. The molecule has 2 atom stereocenters. The quantitative estimate of drug-likeness (QED) is 0.850. The summed E-state index contributed by atoms with van der Waals surface area (Å²) in [6.45, 7) is 4.54. The first-order valence-electron chi connectivity index (χ1n) is 8.04. The third-order valence-corrected chi connectivity index (χ3v) is 4.75. The van der Waals surface area contributed by atoms with Crippen LogP contribution in [0.25, 0.3) is 0 Å². The van der Waals surface area contributed by atoms with E-state index in [1.165, 1.54) is 0 Å². The Bertz CT molecular complexity index is 454. The maximum absolute atomic E-state index is 12.7. The molecule has 0 radical (unpaired) electrons. The molecule has 6 nitrogen and oxygen atoms in total. The van der Waals surface area contributed by atoms with E-state index in [1.54, 1.807) is 12.7 Å². The fourth-order valence-electron chi connectivity index (χ4n) is 3.52. The van der Waals surface area contributed by atoms with Crippen LogP contribution in [0.15, 0.2) is 12.7 Å². The fraction of sp³-hybridized carbons (Fsp3) is 0.800. The number of carbonyl (C=O) groups excluding carboxylic acids is 1. The van der Waals surface area contributed by atoms with E-state index in [1.807, 2.05) is 9.58 Å². The molecule has 2 fully saturated rings. The Kier molecular flexibility index (Phi) is 4.53. The first-order chi connectivity index (χ1) is 10.3. The Morgan fingerprint density at radius 1 is 1.33 bits per heavy atom. The summed E-state index contributed by atoms with van der Waals surface area (Å²) < 4.78 is 7.68. The predicted octanol–water partition coefficient (Wildman–Crippen LogP) is 1.65. The van der Waals surface area contributed by atoms with Gasteiger partial charge in [-0.2, -0.15) is 5.10 Å². The number of aromatic nitrogens is 3. The number of rotatable bonds is 3. The number of amides is 1. The normalized spacial score (nSPS) is 27.8. The Morgan fingerprint density at radius 2 is 2.14 bits per heavy atom. The van der Waals surface area contributed by atoms with Crippen LogP contribution in [0, 0.1) is 5.92 Å². The molecule has 2 aliphatic rings. The van der Waals surface area contributed by atoms with E-state index in [0.717, 1.165) is 51.8 Å². The van der Waals surface area contributed by atoms with Gasteiger partial charge in [0.2, 0.25) is 5.91 Å². The van der Waals surface area contributed by atoms with Gasteiger partial charge in [-0.05, 0) is 32.1 Å². The summed E-state index contributed by atoms with van der Waals surface area (Å²) in [5.74, 6) is 0.352. The minimum atomic E-state index is 0.0617. The van der Waals surface area contributed by atoms with Crippen LogP contribution in [0.5, 0.6) is 0 Å². The highest BCUT2D eigenvalue weighted by molar-refractivity contribution is 5.79. The lowest BCUT2D eigenvalue weighted by Gasteiger charge is -2.37. The maximum atomic E-state index is 12.7. The molecule has 1 aromatic rings. The van der Waals surface area contributed by atoms with E-state index < -0.39 is 0 Å². The van der Waals surface area contributed by atoms with Crippen molar-refractivity contribution < 1.29 is 9.53 Å². The molecule has 3 heterocycles. The molecule has 3 rings (SSSR count). The summed E-state index contributed by atoms with van der Waals surface area (Å²) in [6.07, 6.45) is 8.26. The lowest BCUT2D eigenvalue weighted by atomic mass is 9.90. The summed E-state index contributed by atoms with van der Waals surface area (Å²) in [5.41, 5.74) is 0. The van der Waals surface area contributed by atoms with Crippen molar-refractivity contribution in [3.05, 3.63) is 12.7 Å². The number of hydrogen-bond acceptors (Lipinski definition) is 4. The topological polar surface area (TPSA) is 60.2 Å². The lowest BCUT2D eigenvalue weighted by molar-refractivity contribution is -0.146. The van der Waals surface area contributed by atoms with Crippen LogP contribution >= 0.6 is 0 Å². The van der Waals surface area contributed by atoms with Crippen molar-refractivity contribution in [1.29, 1.82) is 0 Å². The predicted molar refractivity (Wildman–Crippen MR) is 77.6 cm³/mol. The molecule has 0 bridgehead atoms. The highest BCUT2D eigenvalue weighted by atomic mass is 16.5. The van der Waals surface area contributed by atoms with Crippen molar-refractivity contribution in [2.45, 2.75) is 51.2 Å². The minimum absolute atomic E-state index is 0.0617. The number of hydrogen-bond donors (Lipinski definition) is 0. The lowest BCUT2D eigenvalue weighted by Crippen LogP contribution is -2.47. The molecule has 0 aliphatic carbocycles. The molecule has 2 saturated heterocycles. The molecule has 1 aromatic heterocycles. The summed E-state index contributed by atoms with van der Waals surface area (Å²) in [5, 5.41) is 4.21. The largest absolute Gasteiger partial charge is 0.377 e. The van der Waals surface area contributed by atoms with Crippen LogP contribution in [0.1, 0.15) is 45.1 Å². The Balaban J connectivity index is 1.57. The Morgan fingerprint density at radius 3 is 2.81 bits per heavy atom.